The van der Waals surface area contributed by atoms with E-state index in [0.29, 0.717) is 11.5 Å². The molecule has 1 aliphatic rings. The first kappa shape index (κ1) is 23.7. The number of nitrogens with zero attached hydrogens (tertiary/aromatic N) is 5. The maximum absolute atomic E-state index is 10.0. The minimum Gasteiger partial charge on any atom is -0.298 e. The van der Waals surface area contributed by atoms with E-state index in [-0.39, 0.29) is 0 Å². The molecule has 1 unspecified atom stereocenters. The van der Waals surface area contributed by atoms with Crippen molar-refractivity contribution in [3.63, 3.8) is 0 Å². The van der Waals surface area contributed by atoms with Crippen molar-refractivity contribution in [1.82, 2.24) is 19.1 Å². The van der Waals surface area contributed by atoms with Crippen molar-refractivity contribution in [1.29, 1.82) is 5.26 Å². The van der Waals surface area contributed by atoms with Crippen LogP contribution in [0.25, 0.3) is 55.5 Å². The lowest BCUT2D eigenvalue weighted by Gasteiger charge is -2.22. The molecule has 0 N–H and O–H groups in total. The van der Waals surface area contributed by atoms with Gasteiger partial charge in [-0.25, -0.2) is 4.98 Å². The Morgan fingerprint density at radius 1 is 0.780 bits per heavy atom. The van der Waals surface area contributed by atoms with Crippen LogP contribution in [-0.4, -0.2) is 19.1 Å². The van der Waals surface area contributed by atoms with Crippen LogP contribution in [-0.2, 0) is 6.42 Å². The predicted octanol–water partition coefficient (Wildman–Crippen LogP) is 8.50. The number of aromatic nitrogens is 4. The highest BCUT2D eigenvalue weighted by molar-refractivity contribution is 6.08. The normalized spacial score (nSPS) is 14.9. The lowest BCUT2D eigenvalue weighted by atomic mass is 9.86. The molecule has 5 nitrogen and oxygen atoms in total. The molecule has 4 heterocycles. The quantitative estimate of drug-likeness (QED) is 0.231. The van der Waals surface area contributed by atoms with Gasteiger partial charge in [-0.15, -0.1) is 0 Å². The van der Waals surface area contributed by atoms with E-state index in [1.807, 2.05) is 36.7 Å². The fraction of sp³-hybridized carbons (Fsp3) is 0.139. The fourth-order valence-corrected chi connectivity index (χ4v) is 6.88. The van der Waals surface area contributed by atoms with Crippen molar-refractivity contribution in [2.24, 2.45) is 0 Å². The van der Waals surface area contributed by atoms with Crippen LogP contribution in [0.2, 0.25) is 0 Å². The molecule has 5 heteroatoms. The van der Waals surface area contributed by atoms with Crippen LogP contribution < -0.4 is 0 Å². The van der Waals surface area contributed by atoms with E-state index < -0.39 is 0 Å². The summed E-state index contributed by atoms with van der Waals surface area (Å²) in [5, 5.41) is 13.6. The van der Waals surface area contributed by atoms with E-state index in [1.165, 1.54) is 28.6 Å². The van der Waals surface area contributed by atoms with E-state index in [1.54, 1.807) is 0 Å². The maximum Gasteiger partial charge on any atom is 0.140 e. The summed E-state index contributed by atoms with van der Waals surface area (Å²) in [7, 11) is 0. The third-order valence-electron chi connectivity index (χ3n) is 8.65. The largest absolute Gasteiger partial charge is 0.298 e. The predicted molar refractivity (Wildman–Crippen MR) is 165 cm³/mol. The van der Waals surface area contributed by atoms with Gasteiger partial charge in [0.25, 0.3) is 0 Å². The molecule has 0 aliphatic heterocycles. The second-order valence-electron chi connectivity index (χ2n) is 11.0. The zero-order chi connectivity index (χ0) is 27.5. The van der Waals surface area contributed by atoms with Gasteiger partial charge < -0.3 is 0 Å². The number of hydrogen-bond donors (Lipinski definition) is 0. The van der Waals surface area contributed by atoms with Crippen LogP contribution in [0.4, 0.5) is 0 Å². The van der Waals surface area contributed by atoms with Crippen LogP contribution in [0.15, 0.2) is 103 Å². The number of pyridine rings is 2. The summed E-state index contributed by atoms with van der Waals surface area (Å²) in [6.45, 7) is 2.35. The van der Waals surface area contributed by atoms with Crippen LogP contribution >= 0.6 is 0 Å². The molecule has 8 rings (SSSR count). The zero-order valence-electron chi connectivity index (χ0n) is 22.7. The maximum atomic E-state index is 10.0. The van der Waals surface area contributed by atoms with Crippen molar-refractivity contribution in [2.75, 3.05) is 0 Å². The number of hydrogen-bond acceptors (Lipinski definition) is 3. The Hall–Kier alpha value is -5.21. The molecule has 3 aromatic carbocycles. The summed E-state index contributed by atoms with van der Waals surface area (Å²) >= 11 is 0. The molecule has 0 bridgehead atoms. The zero-order valence-corrected chi connectivity index (χ0v) is 22.7. The molecule has 0 saturated heterocycles. The van der Waals surface area contributed by atoms with Gasteiger partial charge in [0.15, 0.2) is 0 Å². The SMILES string of the molecule is CC1CCCc2c1c1ccccc1n2-c1cc(-c2ccccc2C#N)cc(-n2c3ccccc3c3ccncc32)n1. The lowest BCUT2D eigenvalue weighted by Crippen LogP contribution is -2.11. The smallest absolute Gasteiger partial charge is 0.140 e. The highest BCUT2D eigenvalue weighted by Crippen LogP contribution is 2.41. The van der Waals surface area contributed by atoms with Crippen LogP contribution in [0.5, 0.6) is 0 Å². The first-order valence-corrected chi connectivity index (χ1v) is 14.2. The molecular formula is C36H27N5. The Morgan fingerprint density at radius 3 is 2.29 bits per heavy atom. The molecule has 7 aromatic rings. The van der Waals surface area contributed by atoms with E-state index in [9.17, 15) is 5.26 Å². The minimum atomic E-state index is 0.496. The first-order chi connectivity index (χ1) is 20.2. The van der Waals surface area contributed by atoms with Crippen LogP contribution in [0.1, 0.15) is 42.5 Å². The molecule has 196 valence electrons. The van der Waals surface area contributed by atoms with Crippen molar-refractivity contribution >= 4 is 32.7 Å². The van der Waals surface area contributed by atoms with Crippen molar-refractivity contribution in [3.05, 3.63) is 120 Å². The van der Waals surface area contributed by atoms with Crippen LogP contribution in [0, 0.1) is 11.3 Å². The van der Waals surface area contributed by atoms with Crippen molar-refractivity contribution in [3.8, 4) is 28.8 Å². The van der Waals surface area contributed by atoms with Gasteiger partial charge in [-0.05, 0) is 78.3 Å². The number of benzene rings is 3. The molecule has 0 radical (unpaired) electrons. The molecule has 0 spiro atoms. The summed E-state index contributed by atoms with van der Waals surface area (Å²) in [6, 6.07) is 33.7. The van der Waals surface area contributed by atoms with Gasteiger partial charge in [0.05, 0.1) is 34.4 Å². The Kier molecular flexibility index (Phi) is 5.30. The Morgan fingerprint density at radius 2 is 1.46 bits per heavy atom. The molecule has 4 aromatic heterocycles. The average Bonchev–Trinajstić information content (AvgIpc) is 3.55. The van der Waals surface area contributed by atoms with Gasteiger partial charge in [0.2, 0.25) is 0 Å². The second kappa shape index (κ2) is 9.18. The fourth-order valence-electron chi connectivity index (χ4n) is 6.88. The molecule has 0 fully saturated rings. The van der Waals surface area contributed by atoms with Crippen molar-refractivity contribution in [2.45, 2.75) is 32.1 Å². The summed E-state index contributed by atoms with van der Waals surface area (Å²) in [4.78, 5) is 9.88. The lowest BCUT2D eigenvalue weighted by molar-refractivity contribution is 0.580. The van der Waals surface area contributed by atoms with Gasteiger partial charge in [0, 0.05) is 28.0 Å². The Labute approximate surface area is 238 Å². The monoisotopic (exact) mass is 529 g/mol. The Balaban J connectivity index is 1.50. The molecule has 0 saturated carbocycles. The highest BCUT2D eigenvalue weighted by atomic mass is 15.1. The van der Waals surface area contributed by atoms with Gasteiger partial charge in [-0.2, -0.15) is 5.26 Å². The third kappa shape index (κ3) is 3.54. The summed E-state index contributed by atoms with van der Waals surface area (Å²) in [6.07, 6.45) is 7.14. The van der Waals surface area contributed by atoms with Gasteiger partial charge in [-0.3, -0.25) is 14.1 Å². The van der Waals surface area contributed by atoms with Crippen LogP contribution in [0.3, 0.4) is 0 Å². The molecule has 41 heavy (non-hydrogen) atoms. The number of rotatable bonds is 3. The third-order valence-corrected chi connectivity index (χ3v) is 8.65. The first-order valence-electron chi connectivity index (χ1n) is 14.2. The standard InChI is InChI=1S/C36H27N5/c1-23-9-8-16-32-36(23)29-13-5-7-15-31(29)40(32)34-19-25(26-11-3-2-10-24(26)21-37)20-35(39-34)41-30-14-6-4-12-27(30)28-17-18-38-22-33(28)41/h2-7,10-15,17-20,22-23H,8-9,16H2,1H3. The summed E-state index contributed by atoms with van der Waals surface area (Å²) < 4.78 is 4.58. The van der Waals surface area contributed by atoms with E-state index >= 15 is 0 Å². The molecule has 0 amide bonds. The molecular weight excluding hydrogens is 502 g/mol. The number of nitriles is 1. The topological polar surface area (TPSA) is 59.4 Å². The highest BCUT2D eigenvalue weighted by Gasteiger charge is 2.26. The number of fused-ring (bicyclic) bond motifs is 6. The van der Waals surface area contributed by atoms with Gasteiger partial charge in [-0.1, -0.05) is 61.5 Å². The van der Waals surface area contributed by atoms with Gasteiger partial charge in [0.1, 0.15) is 11.6 Å². The molecule has 1 atom stereocenters. The van der Waals surface area contributed by atoms with E-state index in [4.69, 9.17) is 4.98 Å². The second-order valence-corrected chi connectivity index (χ2v) is 11.0. The molecule has 1 aliphatic carbocycles. The van der Waals surface area contributed by atoms with E-state index in [2.05, 4.69) is 93.8 Å². The Bertz CT molecular complexity index is 2120. The van der Waals surface area contributed by atoms with Gasteiger partial charge >= 0.3 is 0 Å². The number of para-hydroxylation sites is 2. The summed E-state index contributed by atoms with van der Waals surface area (Å²) in [5.74, 6) is 2.17. The van der Waals surface area contributed by atoms with Crippen molar-refractivity contribution < 1.29 is 0 Å². The average molecular weight is 530 g/mol. The minimum absolute atomic E-state index is 0.496. The summed E-state index contributed by atoms with van der Waals surface area (Å²) in [5.41, 5.74) is 8.56. The van der Waals surface area contributed by atoms with E-state index in [0.717, 1.165) is 57.4 Å².